The molecule has 0 atom stereocenters. The number of pyridine rings is 1. The van der Waals surface area contributed by atoms with Crippen molar-refractivity contribution < 1.29 is 19.0 Å². The first-order valence-corrected chi connectivity index (χ1v) is 10.4. The molecule has 3 aromatic rings. The smallest absolute Gasteiger partial charge is 0.410 e. The molecule has 1 saturated heterocycles. The van der Waals surface area contributed by atoms with E-state index in [1.54, 1.807) is 17.2 Å². The van der Waals surface area contributed by atoms with Crippen LogP contribution in [0.4, 0.5) is 14.9 Å². The first kappa shape index (κ1) is 21.6. The molecule has 8 nitrogen and oxygen atoms in total. The van der Waals surface area contributed by atoms with Crippen molar-refractivity contribution in [2.45, 2.75) is 26.4 Å². The van der Waals surface area contributed by atoms with E-state index >= 15 is 0 Å². The second-order valence-electron chi connectivity index (χ2n) is 8.72. The summed E-state index contributed by atoms with van der Waals surface area (Å²) in [6.45, 7) is 7.77. The normalized spacial score (nSPS) is 14.6. The number of ether oxygens (including phenoxy) is 1. The van der Waals surface area contributed by atoms with E-state index in [4.69, 9.17) is 4.74 Å². The van der Waals surface area contributed by atoms with E-state index < -0.39 is 17.2 Å². The predicted octanol–water partition coefficient (Wildman–Crippen LogP) is 3.26. The number of benzene rings is 1. The summed E-state index contributed by atoms with van der Waals surface area (Å²) >= 11 is 0. The minimum absolute atomic E-state index is 0.298. The van der Waals surface area contributed by atoms with Gasteiger partial charge in [-0.05, 0) is 51.1 Å². The highest BCUT2D eigenvalue weighted by molar-refractivity contribution is 5.69. The summed E-state index contributed by atoms with van der Waals surface area (Å²) in [4.78, 5) is 33.2. The van der Waals surface area contributed by atoms with E-state index in [1.165, 1.54) is 22.6 Å². The Balaban J connectivity index is 1.53. The molecule has 0 saturated carbocycles. The fourth-order valence-electron chi connectivity index (χ4n) is 3.57. The second kappa shape index (κ2) is 8.14. The van der Waals surface area contributed by atoms with Crippen molar-refractivity contribution in [2.24, 2.45) is 0 Å². The summed E-state index contributed by atoms with van der Waals surface area (Å²) in [5.41, 5.74) is 1.17. The fraction of sp³-hybridized carbons (Fsp3) is 0.348. The van der Waals surface area contributed by atoms with E-state index in [2.05, 4.69) is 9.88 Å². The van der Waals surface area contributed by atoms with Gasteiger partial charge in [0.05, 0.1) is 11.4 Å². The number of carbonyl (C=O) groups excluding carboxylic acids is 1. The molecule has 4 rings (SSSR count). The summed E-state index contributed by atoms with van der Waals surface area (Å²) in [7, 11) is 0. The molecule has 1 fully saturated rings. The average molecular weight is 440 g/mol. The largest absolute Gasteiger partial charge is 0.505 e. The van der Waals surface area contributed by atoms with Crippen LogP contribution in [0.5, 0.6) is 5.75 Å². The molecule has 0 aliphatic carbocycles. The summed E-state index contributed by atoms with van der Waals surface area (Å²) in [5.74, 6) is -1.23. The number of hydrogen-bond acceptors (Lipinski definition) is 6. The van der Waals surface area contributed by atoms with Gasteiger partial charge in [0.25, 0.3) is 5.56 Å². The van der Waals surface area contributed by atoms with Gasteiger partial charge in [-0.15, -0.1) is 0 Å². The summed E-state index contributed by atoms with van der Waals surface area (Å²) in [6, 6.07) is 8.82. The number of amides is 1. The number of rotatable bonds is 2. The molecule has 1 N–H and O–H groups in total. The Bertz CT molecular complexity index is 1230. The van der Waals surface area contributed by atoms with Gasteiger partial charge in [0, 0.05) is 44.0 Å². The third-order valence-electron chi connectivity index (χ3n) is 5.18. The maximum atomic E-state index is 13.7. The van der Waals surface area contributed by atoms with Crippen molar-refractivity contribution in [2.75, 3.05) is 31.1 Å². The first-order valence-electron chi connectivity index (χ1n) is 10.4. The predicted molar refractivity (Wildman–Crippen MR) is 119 cm³/mol. The second-order valence-corrected chi connectivity index (χ2v) is 8.72. The Hall–Kier alpha value is -3.62. The number of aromatic nitrogens is 2. The van der Waals surface area contributed by atoms with Gasteiger partial charge in [-0.2, -0.15) is 0 Å². The SMILES string of the molecule is CC(C)(C)OC(=O)N1CCN(c2ccc3nc(-c4ccc(O)c(F)c4)cc(=O)n3c2)CC1. The Labute approximate surface area is 184 Å². The zero-order valence-electron chi connectivity index (χ0n) is 18.2. The fourth-order valence-corrected chi connectivity index (χ4v) is 3.57. The number of nitrogens with zero attached hydrogens (tertiary/aromatic N) is 4. The van der Waals surface area contributed by atoms with Crippen molar-refractivity contribution in [1.82, 2.24) is 14.3 Å². The van der Waals surface area contributed by atoms with E-state index in [0.29, 0.717) is 43.1 Å². The number of phenolic OH excluding ortho intramolecular Hbond substituents is 1. The van der Waals surface area contributed by atoms with Gasteiger partial charge in [-0.3, -0.25) is 9.20 Å². The molecule has 1 aliphatic heterocycles. The molecule has 1 aliphatic rings. The summed E-state index contributed by atoms with van der Waals surface area (Å²) in [5, 5.41) is 9.37. The van der Waals surface area contributed by atoms with E-state index in [0.717, 1.165) is 11.8 Å². The van der Waals surface area contributed by atoms with Crippen LogP contribution in [-0.4, -0.2) is 57.3 Å². The number of anilines is 1. The van der Waals surface area contributed by atoms with E-state index in [-0.39, 0.29) is 11.7 Å². The number of carbonyl (C=O) groups is 1. The molecule has 9 heteroatoms. The van der Waals surface area contributed by atoms with Crippen LogP contribution in [0.3, 0.4) is 0 Å². The molecule has 0 radical (unpaired) electrons. The van der Waals surface area contributed by atoms with Crippen molar-refractivity contribution in [3.8, 4) is 17.0 Å². The van der Waals surface area contributed by atoms with Crippen LogP contribution in [0.25, 0.3) is 16.9 Å². The molecule has 0 unspecified atom stereocenters. The van der Waals surface area contributed by atoms with Gasteiger partial charge in [0.1, 0.15) is 11.2 Å². The van der Waals surface area contributed by atoms with Crippen LogP contribution in [0.15, 0.2) is 47.4 Å². The highest BCUT2D eigenvalue weighted by Crippen LogP contribution is 2.24. The maximum Gasteiger partial charge on any atom is 0.410 e. The van der Waals surface area contributed by atoms with E-state index in [1.807, 2.05) is 26.8 Å². The number of phenols is 1. The molecule has 0 spiro atoms. The van der Waals surface area contributed by atoms with Gasteiger partial charge in [-0.1, -0.05) is 0 Å². The maximum absolute atomic E-state index is 13.7. The van der Waals surface area contributed by atoms with Crippen LogP contribution in [-0.2, 0) is 4.74 Å². The van der Waals surface area contributed by atoms with Crippen LogP contribution < -0.4 is 10.5 Å². The molecule has 32 heavy (non-hydrogen) atoms. The van der Waals surface area contributed by atoms with Crippen LogP contribution in [0.1, 0.15) is 20.8 Å². The lowest BCUT2D eigenvalue weighted by atomic mass is 10.1. The Kier molecular flexibility index (Phi) is 5.50. The topological polar surface area (TPSA) is 87.4 Å². The molecule has 1 amide bonds. The van der Waals surface area contributed by atoms with Crippen molar-refractivity contribution in [3.05, 3.63) is 58.8 Å². The Morgan fingerprint density at radius 2 is 1.81 bits per heavy atom. The summed E-state index contributed by atoms with van der Waals surface area (Å²) in [6.07, 6.45) is 1.39. The van der Waals surface area contributed by atoms with Gasteiger partial charge in [0.15, 0.2) is 11.6 Å². The van der Waals surface area contributed by atoms with Crippen LogP contribution in [0, 0.1) is 5.82 Å². The number of hydrogen-bond donors (Lipinski definition) is 1. The Morgan fingerprint density at radius 3 is 2.47 bits per heavy atom. The zero-order valence-corrected chi connectivity index (χ0v) is 18.2. The van der Waals surface area contributed by atoms with Crippen molar-refractivity contribution >= 4 is 17.4 Å². The molecule has 1 aromatic carbocycles. The van der Waals surface area contributed by atoms with Gasteiger partial charge in [-0.25, -0.2) is 14.2 Å². The minimum Gasteiger partial charge on any atom is -0.505 e. The van der Waals surface area contributed by atoms with Gasteiger partial charge >= 0.3 is 6.09 Å². The number of piperazine rings is 1. The average Bonchev–Trinajstić information content (AvgIpc) is 2.74. The molecular weight excluding hydrogens is 415 g/mol. The number of halogens is 1. The monoisotopic (exact) mass is 440 g/mol. The molecule has 2 aromatic heterocycles. The van der Waals surface area contributed by atoms with Gasteiger partial charge in [0.2, 0.25) is 0 Å². The van der Waals surface area contributed by atoms with Crippen molar-refractivity contribution in [3.63, 3.8) is 0 Å². The molecule has 168 valence electrons. The quantitative estimate of drug-likeness (QED) is 0.658. The van der Waals surface area contributed by atoms with Gasteiger partial charge < -0.3 is 19.6 Å². The molecule has 3 heterocycles. The lowest BCUT2D eigenvalue weighted by Gasteiger charge is -2.36. The lowest BCUT2D eigenvalue weighted by Crippen LogP contribution is -2.50. The van der Waals surface area contributed by atoms with Crippen LogP contribution in [0.2, 0.25) is 0 Å². The number of aromatic hydroxyl groups is 1. The number of fused-ring (bicyclic) bond motifs is 1. The Morgan fingerprint density at radius 1 is 1.09 bits per heavy atom. The zero-order chi connectivity index (χ0) is 23.0. The van der Waals surface area contributed by atoms with Crippen molar-refractivity contribution in [1.29, 1.82) is 0 Å². The summed E-state index contributed by atoms with van der Waals surface area (Å²) < 4.78 is 20.6. The third-order valence-corrected chi connectivity index (χ3v) is 5.18. The highest BCUT2D eigenvalue weighted by atomic mass is 19.1. The first-order chi connectivity index (χ1) is 15.1. The minimum atomic E-state index is -0.773. The highest BCUT2D eigenvalue weighted by Gasteiger charge is 2.26. The van der Waals surface area contributed by atoms with Crippen LogP contribution >= 0.6 is 0 Å². The lowest BCUT2D eigenvalue weighted by molar-refractivity contribution is 0.0240. The third kappa shape index (κ3) is 4.51. The van der Waals surface area contributed by atoms with E-state index in [9.17, 15) is 19.1 Å². The molecular formula is C23H25FN4O4. The molecule has 0 bridgehead atoms. The standard InChI is InChI=1S/C23H25FN4O4/c1-23(2,3)32-22(31)27-10-8-26(9-11-27)16-5-7-20-25-18(13-21(30)28(20)14-16)15-4-6-19(29)17(24)12-15/h4-7,12-14,29H,8-11H2,1-3H3.